The van der Waals surface area contributed by atoms with Gasteiger partial charge in [-0.1, -0.05) is 41.4 Å². The Morgan fingerprint density at radius 3 is 1.95 bits per heavy atom. The first kappa shape index (κ1) is 16.3. The molecule has 0 aliphatic rings. The molecule has 0 unspecified atom stereocenters. The van der Waals surface area contributed by atoms with Gasteiger partial charge in [0.15, 0.2) is 0 Å². The van der Waals surface area contributed by atoms with Crippen molar-refractivity contribution in [2.75, 3.05) is 0 Å². The van der Waals surface area contributed by atoms with Gasteiger partial charge < -0.3 is 0 Å². The molecule has 2 aromatic carbocycles. The van der Waals surface area contributed by atoms with Gasteiger partial charge in [0.2, 0.25) is 9.84 Å². The second-order valence-corrected chi connectivity index (χ2v) is 7.71. The molecule has 21 heavy (non-hydrogen) atoms. The zero-order valence-electron chi connectivity index (χ0n) is 12.3. The maximum Gasteiger partial charge on any atom is 0.208 e. The number of halogens is 2. The van der Waals surface area contributed by atoms with Crippen LogP contribution in [0.25, 0.3) is 0 Å². The number of aryl methyl sites for hydroxylation is 1. The van der Waals surface area contributed by atoms with Crippen LogP contribution < -0.4 is 0 Å². The van der Waals surface area contributed by atoms with Crippen LogP contribution >= 0.6 is 23.2 Å². The van der Waals surface area contributed by atoms with E-state index >= 15 is 0 Å². The summed E-state index contributed by atoms with van der Waals surface area (Å²) >= 11 is 12.4. The van der Waals surface area contributed by atoms with Gasteiger partial charge in [-0.3, -0.25) is 0 Å². The van der Waals surface area contributed by atoms with Crippen molar-refractivity contribution in [1.82, 2.24) is 0 Å². The minimum Gasteiger partial charge on any atom is -0.218 e. The summed E-state index contributed by atoms with van der Waals surface area (Å²) in [6.45, 7) is 7.21. The van der Waals surface area contributed by atoms with Gasteiger partial charge in [-0.25, -0.2) is 8.42 Å². The highest BCUT2D eigenvalue weighted by molar-refractivity contribution is 7.91. The third kappa shape index (κ3) is 2.59. The number of sulfone groups is 1. The van der Waals surface area contributed by atoms with Crippen molar-refractivity contribution in [3.8, 4) is 0 Å². The van der Waals surface area contributed by atoms with Gasteiger partial charge in [0.1, 0.15) is 0 Å². The van der Waals surface area contributed by atoms with Crippen LogP contribution in [0.15, 0.2) is 34.1 Å². The molecular weight excluding hydrogens is 327 g/mol. The Labute approximate surface area is 135 Å². The molecule has 2 aromatic rings. The van der Waals surface area contributed by atoms with Crippen molar-refractivity contribution in [1.29, 1.82) is 0 Å². The minimum absolute atomic E-state index is 0.0977. The molecule has 0 spiro atoms. The molecule has 0 radical (unpaired) electrons. The Morgan fingerprint density at radius 2 is 1.38 bits per heavy atom. The van der Waals surface area contributed by atoms with Crippen LogP contribution in [0.4, 0.5) is 0 Å². The smallest absolute Gasteiger partial charge is 0.208 e. The van der Waals surface area contributed by atoms with Crippen LogP contribution in [0.1, 0.15) is 22.3 Å². The molecule has 0 atom stereocenters. The Morgan fingerprint density at radius 1 is 0.810 bits per heavy atom. The van der Waals surface area contributed by atoms with E-state index < -0.39 is 9.84 Å². The molecule has 2 rings (SSSR count). The Hall–Kier alpha value is -1.03. The topological polar surface area (TPSA) is 34.1 Å². The maximum atomic E-state index is 13.0. The Kier molecular flexibility index (Phi) is 4.39. The highest BCUT2D eigenvalue weighted by Gasteiger charge is 2.28. The minimum atomic E-state index is -3.71. The van der Waals surface area contributed by atoms with Gasteiger partial charge in [0.25, 0.3) is 0 Å². The molecule has 2 nitrogen and oxygen atoms in total. The van der Waals surface area contributed by atoms with Crippen molar-refractivity contribution in [2.45, 2.75) is 37.5 Å². The Bertz CT molecular complexity index is 795. The van der Waals surface area contributed by atoms with Crippen molar-refractivity contribution < 1.29 is 8.42 Å². The highest BCUT2D eigenvalue weighted by atomic mass is 35.5. The number of benzene rings is 2. The summed E-state index contributed by atoms with van der Waals surface area (Å²) in [5, 5.41) is 0.396. The van der Waals surface area contributed by atoms with E-state index in [1.807, 2.05) is 13.8 Å². The molecule has 112 valence electrons. The van der Waals surface area contributed by atoms with Crippen molar-refractivity contribution in [3.05, 3.63) is 56.6 Å². The van der Waals surface area contributed by atoms with Gasteiger partial charge >= 0.3 is 0 Å². The zero-order chi connectivity index (χ0) is 15.9. The van der Waals surface area contributed by atoms with Crippen LogP contribution in [0.5, 0.6) is 0 Å². The summed E-state index contributed by atoms with van der Waals surface area (Å²) in [4.78, 5) is 0.362. The van der Waals surface area contributed by atoms with E-state index in [0.717, 1.165) is 11.1 Å². The third-order valence-corrected chi connectivity index (χ3v) is 6.98. The standard InChI is InChI=1S/C16H16Cl2O2S/c1-9-7-5-6-8-13(9)21(19,20)16-12(4)10(2)11(3)14(17)15(16)18/h5-8H,1-4H3. The van der Waals surface area contributed by atoms with E-state index in [9.17, 15) is 8.42 Å². The fraction of sp³-hybridized carbons (Fsp3) is 0.250. The second-order valence-electron chi connectivity index (χ2n) is 5.10. The average Bonchev–Trinajstić information content (AvgIpc) is 2.43. The molecule has 0 fully saturated rings. The van der Waals surface area contributed by atoms with E-state index in [0.29, 0.717) is 16.1 Å². The van der Waals surface area contributed by atoms with E-state index in [2.05, 4.69) is 0 Å². The van der Waals surface area contributed by atoms with Gasteiger partial charge in [-0.2, -0.15) is 0 Å². The lowest BCUT2D eigenvalue weighted by atomic mass is 10.0. The van der Waals surface area contributed by atoms with Crippen LogP contribution in [0, 0.1) is 27.7 Å². The van der Waals surface area contributed by atoms with E-state index in [-0.39, 0.29) is 14.8 Å². The zero-order valence-corrected chi connectivity index (χ0v) is 14.6. The van der Waals surface area contributed by atoms with Crippen LogP contribution in [-0.2, 0) is 9.84 Å². The SMILES string of the molecule is Cc1ccccc1S(=O)(=O)c1c(C)c(C)c(C)c(Cl)c1Cl. The van der Waals surface area contributed by atoms with E-state index in [1.54, 1.807) is 38.1 Å². The molecule has 0 heterocycles. The Balaban J connectivity index is 2.88. The van der Waals surface area contributed by atoms with E-state index in [1.165, 1.54) is 0 Å². The fourth-order valence-corrected chi connectivity index (χ4v) is 5.08. The first-order valence-corrected chi connectivity index (χ1v) is 8.69. The summed E-state index contributed by atoms with van der Waals surface area (Å²) in [5.41, 5.74) is 2.98. The fourth-order valence-electron chi connectivity index (χ4n) is 2.33. The molecule has 0 amide bonds. The predicted octanol–water partition coefficient (Wildman–Crippen LogP) is 5.06. The van der Waals surface area contributed by atoms with Gasteiger partial charge in [0, 0.05) is 0 Å². The third-order valence-electron chi connectivity index (χ3n) is 3.84. The van der Waals surface area contributed by atoms with Crippen LogP contribution in [0.3, 0.4) is 0 Å². The van der Waals surface area contributed by atoms with Gasteiger partial charge in [-0.15, -0.1) is 0 Å². The summed E-state index contributed by atoms with van der Waals surface area (Å²) in [5.74, 6) is 0. The first-order chi connectivity index (χ1) is 9.69. The quantitative estimate of drug-likeness (QED) is 0.764. The van der Waals surface area contributed by atoms with Crippen molar-refractivity contribution >= 4 is 33.0 Å². The van der Waals surface area contributed by atoms with E-state index in [4.69, 9.17) is 23.2 Å². The molecule has 0 aromatic heterocycles. The summed E-state index contributed by atoms with van der Waals surface area (Å²) in [7, 11) is -3.71. The highest BCUT2D eigenvalue weighted by Crippen LogP contribution is 2.40. The molecule has 0 bridgehead atoms. The number of hydrogen-bond donors (Lipinski definition) is 0. The molecule has 0 saturated carbocycles. The molecule has 0 aliphatic carbocycles. The molecule has 5 heteroatoms. The summed E-state index contributed by atoms with van der Waals surface area (Å²) in [6.07, 6.45) is 0. The second kappa shape index (κ2) is 5.64. The van der Waals surface area contributed by atoms with Crippen LogP contribution in [-0.4, -0.2) is 8.42 Å². The molecule has 0 aliphatic heterocycles. The lowest BCUT2D eigenvalue weighted by Crippen LogP contribution is -2.09. The summed E-state index contributed by atoms with van der Waals surface area (Å²) in [6, 6.07) is 6.85. The van der Waals surface area contributed by atoms with Crippen molar-refractivity contribution in [3.63, 3.8) is 0 Å². The summed E-state index contributed by atoms with van der Waals surface area (Å²) < 4.78 is 25.9. The molecular formula is C16H16Cl2O2S. The monoisotopic (exact) mass is 342 g/mol. The lowest BCUT2D eigenvalue weighted by Gasteiger charge is -2.17. The predicted molar refractivity (Wildman–Crippen MR) is 87.3 cm³/mol. The van der Waals surface area contributed by atoms with Gasteiger partial charge in [0.05, 0.1) is 19.8 Å². The lowest BCUT2D eigenvalue weighted by molar-refractivity contribution is 0.595. The van der Waals surface area contributed by atoms with Crippen LogP contribution in [0.2, 0.25) is 10.0 Å². The first-order valence-electron chi connectivity index (χ1n) is 6.45. The average molecular weight is 343 g/mol. The normalized spacial score (nSPS) is 11.7. The van der Waals surface area contributed by atoms with Crippen molar-refractivity contribution in [2.24, 2.45) is 0 Å². The number of hydrogen-bond acceptors (Lipinski definition) is 2. The molecule has 0 N–H and O–H groups in total. The molecule has 0 saturated heterocycles. The number of rotatable bonds is 2. The largest absolute Gasteiger partial charge is 0.218 e. The maximum absolute atomic E-state index is 13.0. The van der Waals surface area contributed by atoms with Gasteiger partial charge in [-0.05, 0) is 56.0 Å².